The van der Waals surface area contributed by atoms with Crippen molar-refractivity contribution in [2.45, 2.75) is 19.6 Å². The van der Waals surface area contributed by atoms with Gasteiger partial charge in [0.1, 0.15) is 12.4 Å². The number of carbonyl (C=O) groups is 1. The lowest BCUT2D eigenvalue weighted by Gasteiger charge is -2.26. The van der Waals surface area contributed by atoms with Crippen LogP contribution in [-0.2, 0) is 16.1 Å². The Morgan fingerprint density at radius 3 is 2.41 bits per heavy atom. The normalized spacial score (nSPS) is 14.0. The fourth-order valence-electron chi connectivity index (χ4n) is 5.52. The number of rotatable bonds is 10. The molecule has 4 aromatic carbocycles. The zero-order valence-corrected chi connectivity index (χ0v) is 28.4. The standard InChI is InChI=1S/C38H30ClN3O6S/c1-4-47-37(44)33-34(25-8-6-5-7-9-25)41-38-42(35(33)26-14-16-30(45-2)31(19-26)46-3)36(43)32(49-38)20-27-18-28(39)15-17-29(27)48-22-24-12-10-23(21-40)11-13-24/h5-20,35H,4,22H2,1-3H3/b32-20+/t35-/m0/s1. The number of thiazole rings is 1. The highest BCUT2D eigenvalue weighted by molar-refractivity contribution is 7.07. The second-order valence-electron chi connectivity index (χ2n) is 10.8. The zero-order chi connectivity index (χ0) is 34.5. The van der Waals surface area contributed by atoms with E-state index >= 15 is 0 Å². The summed E-state index contributed by atoms with van der Waals surface area (Å²) in [6.45, 7) is 2.10. The van der Waals surface area contributed by atoms with Gasteiger partial charge in [-0.15, -0.1) is 0 Å². The molecule has 1 aliphatic heterocycles. The summed E-state index contributed by atoms with van der Waals surface area (Å²) in [6.07, 6.45) is 1.71. The van der Waals surface area contributed by atoms with E-state index in [1.807, 2.05) is 42.5 Å². The molecule has 11 heteroatoms. The number of hydrogen-bond acceptors (Lipinski definition) is 9. The van der Waals surface area contributed by atoms with Gasteiger partial charge in [0.2, 0.25) is 0 Å². The van der Waals surface area contributed by atoms with Crippen molar-refractivity contribution in [1.29, 1.82) is 5.26 Å². The smallest absolute Gasteiger partial charge is 0.338 e. The van der Waals surface area contributed by atoms with Gasteiger partial charge < -0.3 is 18.9 Å². The van der Waals surface area contributed by atoms with Crippen molar-refractivity contribution < 1.29 is 23.7 Å². The van der Waals surface area contributed by atoms with Gasteiger partial charge in [-0.25, -0.2) is 9.79 Å². The van der Waals surface area contributed by atoms with Gasteiger partial charge in [0.15, 0.2) is 16.3 Å². The fourth-order valence-corrected chi connectivity index (χ4v) is 6.69. The van der Waals surface area contributed by atoms with Crippen molar-refractivity contribution in [3.05, 3.63) is 149 Å². The van der Waals surface area contributed by atoms with E-state index in [0.29, 0.717) is 59.6 Å². The van der Waals surface area contributed by atoms with E-state index in [-0.39, 0.29) is 24.3 Å². The van der Waals surface area contributed by atoms with E-state index in [1.54, 1.807) is 61.5 Å². The molecule has 0 N–H and O–H groups in total. The van der Waals surface area contributed by atoms with Crippen molar-refractivity contribution in [2.24, 2.45) is 4.99 Å². The lowest BCUT2D eigenvalue weighted by Crippen LogP contribution is -2.40. The van der Waals surface area contributed by atoms with E-state index in [4.69, 9.17) is 40.8 Å². The molecule has 0 spiro atoms. The van der Waals surface area contributed by atoms with Crippen molar-refractivity contribution in [3.8, 4) is 23.3 Å². The zero-order valence-electron chi connectivity index (χ0n) is 26.8. The largest absolute Gasteiger partial charge is 0.493 e. The molecule has 0 saturated carbocycles. The molecule has 0 unspecified atom stereocenters. The second-order valence-corrected chi connectivity index (χ2v) is 12.3. The average molecular weight is 692 g/mol. The summed E-state index contributed by atoms with van der Waals surface area (Å²) >= 11 is 7.60. The van der Waals surface area contributed by atoms with Crippen molar-refractivity contribution >= 4 is 40.7 Å². The van der Waals surface area contributed by atoms with Crippen LogP contribution in [-0.4, -0.2) is 31.4 Å². The lowest BCUT2D eigenvalue weighted by molar-refractivity contribution is -0.138. The minimum absolute atomic E-state index is 0.132. The summed E-state index contributed by atoms with van der Waals surface area (Å²) in [7, 11) is 3.06. The molecule has 1 aromatic heterocycles. The van der Waals surface area contributed by atoms with E-state index in [2.05, 4.69) is 6.07 Å². The molecule has 246 valence electrons. The molecule has 0 amide bonds. The number of fused-ring (bicyclic) bond motifs is 1. The number of carbonyl (C=O) groups excluding carboxylic acids is 1. The molecule has 0 bridgehead atoms. The quantitative estimate of drug-likeness (QED) is 0.164. The molecular formula is C38H30ClN3O6S. The number of benzene rings is 4. The van der Waals surface area contributed by atoms with Gasteiger partial charge in [0.05, 0.1) is 54.3 Å². The number of nitrogens with zero attached hydrogens (tertiary/aromatic N) is 3. The first-order valence-corrected chi connectivity index (χ1v) is 16.5. The minimum atomic E-state index is -0.904. The number of halogens is 1. The van der Waals surface area contributed by atoms with Gasteiger partial charge in [0.25, 0.3) is 5.56 Å². The highest BCUT2D eigenvalue weighted by Crippen LogP contribution is 2.38. The van der Waals surface area contributed by atoms with Gasteiger partial charge in [-0.05, 0) is 66.6 Å². The Morgan fingerprint density at radius 1 is 0.980 bits per heavy atom. The monoisotopic (exact) mass is 691 g/mol. The molecule has 1 aliphatic rings. The molecule has 1 atom stereocenters. The van der Waals surface area contributed by atoms with Crippen LogP contribution >= 0.6 is 22.9 Å². The molecule has 6 rings (SSSR count). The Hall–Kier alpha value is -5.63. The maximum absolute atomic E-state index is 14.4. The predicted molar refractivity (Wildman–Crippen MR) is 188 cm³/mol. The van der Waals surface area contributed by atoms with Crippen LogP contribution in [0.5, 0.6) is 17.2 Å². The minimum Gasteiger partial charge on any atom is -0.493 e. The highest BCUT2D eigenvalue weighted by atomic mass is 35.5. The first-order valence-electron chi connectivity index (χ1n) is 15.3. The number of esters is 1. The van der Waals surface area contributed by atoms with E-state index in [0.717, 1.165) is 5.56 Å². The van der Waals surface area contributed by atoms with Crippen molar-refractivity contribution in [2.75, 3.05) is 20.8 Å². The van der Waals surface area contributed by atoms with Crippen molar-refractivity contribution in [3.63, 3.8) is 0 Å². The maximum atomic E-state index is 14.4. The molecule has 49 heavy (non-hydrogen) atoms. The van der Waals surface area contributed by atoms with Gasteiger partial charge in [-0.1, -0.05) is 71.5 Å². The Bertz CT molecular complexity index is 2290. The van der Waals surface area contributed by atoms with Gasteiger partial charge in [-0.3, -0.25) is 9.36 Å². The fraction of sp³-hybridized carbons (Fsp3) is 0.158. The number of aromatic nitrogens is 1. The van der Waals surface area contributed by atoms with E-state index in [1.165, 1.54) is 30.1 Å². The average Bonchev–Trinajstić information content (AvgIpc) is 3.44. The predicted octanol–water partition coefficient (Wildman–Crippen LogP) is 6.06. The molecule has 0 saturated heterocycles. The van der Waals surface area contributed by atoms with Crippen LogP contribution in [0.1, 0.15) is 40.8 Å². The summed E-state index contributed by atoms with van der Waals surface area (Å²) in [4.78, 5) is 33.5. The Morgan fingerprint density at radius 2 is 1.71 bits per heavy atom. The number of nitriles is 1. The third kappa shape index (κ3) is 6.85. The van der Waals surface area contributed by atoms with Crippen molar-refractivity contribution in [1.82, 2.24) is 4.57 Å². The van der Waals surface area contributed by atoms with Crippen LogP contribution in [0.3, 0.4) is 0 Å². The second kappa shape index (κ2) is 14.6. The maximum Gasteiger partial charge on any atom is 0.338 e. The molecule has 0 radical (unpaired) electrons. The van der Waals surface area contributed by atoms with E-state index < -0.39 is 12.0 Å². The van der Waals surface area contributed by atoms with Crippen LogP contribution in [0.25, 0.3) is 11.8 Å². The summed E-state index contributed by atoms with van der Waals surface area (Å²) in [6, 6.07) is 28.1. The third-order valence-corrected chi connectivity index (χ3v) is 9.05. The first kappa shape index (κ1) is 33.3. The van der Waals surface area contributed by atoms with Gasteiger partial charge >= 0.3 is 5.97 Å². The topological polar surface area (TPSA) is 112 Å². The Balaban J connectivity index is 1.54. The first-order chi connectivity index (χ1) is 23.8. The molecule has 2 heterocycles. The van der Waals surface area contributed by atoms with Gasteiger partial charge in [0, 0.05) is 16.1 Å². The summed E-state index contributed by atoms with van der Waals surface area (Å²) in [5, 5.41) is 9.58. The SMILES string of the molecule is CCOC(=O)C1=C(c2ccccc2)N=c2s/c(=C/c3cc(Cl)ccc3OCc3ccc(C#N)cc3)c(=O)n2[C@H]1c1ccc(OC)c(OC)c1. The summed E-state index contributed by atoms with van der Waals surface area (Å²) < 4.78 is 24.7. The van der Waals surface area contributed by atoms with E-state index in [9.17, 15) is 9.59 Å². The molecule has 5 aromatic rings. The summed E-state index contributed by atoms with van der Waals surface area (Å²) in [5.74, 6) is 0.852. The van der Waals surface area contributed by atoms with Crippen LogP contribution in [0.15, 0.2) is 106 Å². The van der Waals surface area contributed by atoms with Gasteiger partial charge in [-0.2, -0.15) is 5.26 Å². The Labute approximate surface area is 291 Å². The molecule has 9 nitrogen and oxygen atoms in total. The molecule has 0 aliphatic carbocycles. The van der Waals surface area contributed by atoms with Crippen LogP contribution < -0.4 is 29.1 Å². The van der Waals surface area contributed by atoms with Crippen LogP contribution in [0.4, 0.5) is 0 Å². The molecule has 0 fully saturated rings. The number of ether oxygens (including phenoxy) is 4. The third-order valence-electron chi connectivity index (χ3n) is 7.83. The van der Waals surface area contributed by atoms with Crippen LogP contribution in [0, 0.1) is 11.3 Å². The lowest BCUT2D eigenvalue weighted by atomic mass is 9.93. The molecular weight excluding hydrogens is 662 g/mol. The van der Waals surface area contributed by atoms with Crippen LogP contribution in [0.2, 0.25) is 5.02 Å². The highest BCUT2D eigenvalue weighted by Gasteiger charge is 2.35. The number of methoxy groups -OCH3 is 2. The Kier molecular flexibility index (Phi) is 9.95. The summed E-state index contributed by atoms with van der Waals surface area (Å²) in [5.41, 5.74) is 3.56. The number of hydrogen-bond donors (Lipinski definition) is 0.